The maximum Gasteiger partial charge on any atom is 0.157 e. The van der Waals surface area contributed by atoms with Crippen LogP contribution >= 0.6 is 0 Å². The minimum atomic E-state index is -0.0559. The van der Waals surface area contributed by atoms with Crippen LogP contribution < -0.4 is 5.32 Å². The molecular formula is C11H25NO3. The number of aliphatic hydroxyl groups excluding tert-OH is 1. The standard InChI is InChI=1S/C11H25NO3/c1-3-14-11(15-4-2)7-5-8-12-9-6-10-13/h11-13H,3-10H2,1-2H3. The Morgan fingerprint density at radius 3 is 2.20 bits per heavy atom. The molecule has 0 unspecified atom stereocenters. The summed E-state index contributed by atoms with van der Waals surface area (Å²) < 4.78 is 10.8. The molecule has 2 N–H and O–H groups in total. The monoisotopic (exact) mass is 219 g/mol. The Bertz CT molecular complexity index is 116. The summed E-state index contributed by atoms with van der Waals surface area (Å²) >= 11 is 0. The lowest BCUT2D eigenvalue weighted by atomic mass is 10.3. The summed E-state index contributed by atoms with van der Waals surface area (Å²) in [6, 6.07) is 0. The molecule has 0 heterocycles. The number of hydrogen-bond donors (Lipinski definition) is 2. The Hall–Kier alpha value is -0.160. The predicted octanol–water partition coefficient (Wildman–Crippen LogP) is 1.14. The van der Waals surface area contributed by atoms with E-state index < -0.39 is 0 Å². The zero-order valence-electron chi connectivity index (χ0n) is 10.00. The van der Waals surface area contributed by atoms with Crippen LogP contribution in [0.2, 0.25) is 0 Å². The van der Waals surface area contributed by atoms with Crippen molar-refractivity contribution in [3.05, 3.63) is 0 Å². The first-order chi connectivity index (χ1) is 7.35. The highest BCUT2D eigenvalue weighted by Gasteiger charge is 2.06. The Labute approximate surface area is 93.0 Å². The average Bonchev–Trinajstić information content (AvgIpc) is 2.24. The van der Waals surface area contributed by atoms with Gasteiger partial charge in [-0.25, -0.2) is 0 Å². The molecule has 0 amide bonds. The molecule has 0 aliphatic carbocycles. The fraction of sp³-hybridized carbons (Fsp3) is 1.00. The van der Waals surface area contributed by atoms with Crippen molar-refractivity contribution in [1.29, 1.82) is 0 Å². The summed E-state index contributed by atoms with van der Waals surface area (Å²) in [4.78, 5) is 0. The summed E-state index contributed by atoms with van der Waals surface area (Å²) in [5.74, 6) is 0. The highest BCUT2D eigenvalue weighted by molar-refractivity contribution is 4.51. The van der Waals surface area contributed by atoms with Crippen LogP contribution in [0.15, 0.2) is 0 Å². The molecule has 0 aromatic rings. The molecule has 4 heteroatoms. The van der Waals surface area contributed by atoms with E-state index in [1.165, 1.54) is 0 Å². The molecule has 0 saturated heterocycles. The van der Waals surface area contributed by atoms with E-state index in [9.17, 15) is 0 Å². The highest BCUT2D eigenvalue weighted by atomic mass is 16.7. The van der Waals surface area contributed by atoms with Crippen molar-refractivity contribution in [2.75, 3.05) is 32.9 Å². The molecule has 0 saturated carbocycles. The molecule has 0 aliphatic rings. The van der Waals surface area contributed by atoms with Gasteiger partial charge in [0.15, 0.2) is 6.29 Å². The fourth-order valence-electron chi connectivity index (χ4n) is 1.31. The number of hydrogen-bond acceptors (Lipinski definition) is 4. The number of rotatable bonds is 11. The first-order valence-electron chi connectivity index (χ1n) is 5.89. The summed E-state index contributed by atoms with van der Waals surface area (Å²) in [6.45, 7) is 7.44. The van der Waals surface area contributed by atoms with E-state index in [1.54, 1.807) is 0 Å². The smallest absolute Gasteiger partial charge is 0.157 e. The summed E-state index contributed by atoms with van der Waals surface area (Å²) in [5, 5.41) is 11.8. The van der Waals surface area contributed by atoms with Crippen molar-refractivity contribution >= 4 is 0 Å². The van der Waals surface area contributed by atoms with Crippen LogP contribution in [0.5, 0.6) is 0 Å². The van der Waals surface area contributed by atoms with E-state index in [1.807, 2.05) is 13.8 Å². The molecule has 0 radical (unpaired) electrons. The van der Waals surface area contributed by atoms with Crippen molar-refractivity contribution < 1.29 is 14.6 Å². The van der Waals surface area contributed by atoms with Gasteiger partial charge in [0.25, 0.3) is 0 Å². The molecule has 0 fully saturated rings. The summed E-state index contributed by atoms with van der Waals surface area (Å²) in [7, 11) is 0. The van der Waals surface area contributed by atoms with Gasteiger partial charge < -0.3 is 19.9 Å². The lowest BCUT2D eigenvalue weighted by Crippen LogP contribution is -2.22. The maximum atomic E-state index is 8.57. The van der Waals surface area contributed by atoms with Gasteiger partial charge in [-0.05, 0) is 46.2 Å². The molecule has 0 spiro atoms. The largest absolute Gasteiger partial charge is 0.396 e. The van der Waals surface area contributed by atoms with Crippen LogP contribution in [0.25, 0.3) is 0 Å². The SMILES string of the molecule is CCOC(CCCNCCCO)OCC. The van der Waals surface area contributed by atoms with Crippen molar-refractivity contribution in [2.24, 2.45) is 0 Å². The Kier molecular flexibility index (Phi) is 11.8. The van der Waals surface area contributed by atoms with E-state index >= 15 is 0 Å². The number of ether oxygens (including phenoxy) is 2. The third kappa shape index (κ3) is 10.1. The van der Waals surface area contributed by atoms with Crippen LogP contribution in [0.3, 0.4) is 0 Å². The van der Waals surface area contributed by atoms with Gasteiger partial charge in [0.2, 0.25) is 0 Å². The topological polar surface area (TPSA) is 50.7 Å². The Balaban J connectivity index is 3.28. The third-order valence-electron chi connectivity index (χ3n) is 2.01. The molecule has 0 aromatic heterocycles. The second-order valence-corrected chi connectivity index (χ2v) is 3.31. The molecule has 0 rings (SSSR count). The molecule has 0 aliphatic heterocycles. The molecule has 92 valence electrons. The second kappa shape index (κ2) is 11.9. The molecule has 4 nitrogen and oxygen atoms in total. The van der Waals surface area contributed by atoms with Gasteiger partial charge in [0.05, 0.1) is 0 Å². The van der Waals surface area contributed by atoms with E-state index in [2.05, 4.69) is 5.32 Å². The first-order valence-corrected chi connectivity index (χ1v) is 5.89. The molecule has 15 heavy (non-hydrogen) atoms. The van der Waals surface area contributed by atoms with Crippen molar-refractivity contribution in [3.63, 3.8) is 0 Å². The highest BCUT2D eigenvalue weighted by Crippen LogP contribution is 2.03. The lowest BCUT2D eigenvalue weighted by molar-refractivity contribution is -0.139. The second-order valence-electron chi connectivity index (χ2n) is 3.31. The van der Waals surface area contributed by atoms with Gasteiger partial charge in [-0.1, -0.05) is 0 Å². The molecule has 0 atom stereocenters. The maximum absolute atomic E-state index is 8.57. The van der Waals surface area contributed by atoms with Crippen LogP contribution in [0.4, 0.5) is 0 Å². The number of aliphatic hydroxyl groups is 1. The summed E-state index contributed by atoms with van der Waals surface area (Å²) in [5.41, 5.74) is 0. The van der Waals surface area contributed by atoms with E-state index in [0.29, 0.717) is 13.2 Å². The van der Waals surface area contributed by atoms with E-state index in [0.717, 1.165) is 32.4 Å². The zero-order chi connectivity index (χ0) is 11.4. The van der Waals surface area contributed by atoms with Crippen molar-refractivity contribution in [2.45, 2.75) is 39.4 Å². The van der Waals surface area contributed by atoms with E-state index in [-0.39, 0.29) is 12.9 Å². The van der Waals surface area contributed by atoms with Gasteiger partial charge in [0.1, 0.15) is 0 Å². The molecule has 0 bridgehead atoms. The zero-order valence-corrected chi connectivity index (χ0v) is 10.00. The van der Waals surface area contributed by atoms with Gasteiger partial charge in [0, 0.05) is 19.8 Å². The first kappa shape index (κ1) is 14.8. The predicted molar refractivity (Wildman–Crippen MR) is 60.8 cm³/mol. The van der Waals surface area contributed by atoms with Crippen LogP contribution in [0.1, 0.15) is 33.1 Å². The van der Waals surface area contributed by atoms with Crippen molar-refractivity contribution in [3.8, 4) is 0 Å². The lowest BCUT2D eigenvalue weighted by Gasteiger charge is -2.16. The fourth-order valence-corrected chi connectivity index (χ4v) is 1.31. The van der Waals surface area contributed by atoms with Gasteiger partial charge in [-0.3, -0.25) is 0 Å². The quantitative estimate of drug-likeness (QED) is 0.404. The van der Waals surface area contributed by atoms with E-state index in [4.69, 9.17) is 14.6 Å². The Morgan fingerprint density at radius 2 is 1.67 bits per heavy atom. The van der Waals surface area contributed by atoms with Gasteiger partial charge in [-0.15, -0.1) is 0 Å². The molecular weight excluding hydrogens is 194 g/mol. The van der Waals surface area contributed by atoms with Crippen LogP contribution in [0, 0.1) is 0 Å². The molecule has 0 aromatic carbocycles. The average molecular weight is 219 g/mol. The van der Waals surface area contributed by atoms with Crippen molar-refractivity contribution in [1.82, 2.24) is 5.32 Å². The Morgan fingerprint density at radius 1 is 1.07 bits per heavy atom. The van der Waals surface area contributed by atoms with Crippen LogP contribution in [-0.2, 0) is 9.47 Å². The minimum Gasteiger partial charge on any atom is -0.396 e. The normalized spacial score (nSPS) is 11.2. The number of nitrogens with one attached hydrogen (secondary N) is 1. The third-order valence-corrected chi connectivity index (χ3v) is 2.01. The van der Waals surface area contributed by atoms with Gasteiger partial charge >= 0.3 is 0 Å². The minimum absolute atomic E-state index is 0.0559. The summed E-state index contributed by atoms with van der Waals surface area (Å²) in [6.07, 6.45) is 2.73. The van der Waals surface area contributed by atoms with Crippen LogP contribution in [-0.4, -0.2) is 44.3 Å². The van der Waals surface area contributed by atoms with Gasteiger partial charge in [-0.2, -0.15) is 0 Å².